The number of hydrogen-bond donors (Lipinski definition) is 1. The Balaban J connectivity index is 1.45. The van der Waals surface area contributed by atoms with Crippen LogP contribution in [0.1, 0.15) is 37.0 Å². The molecule has 1 N–H and O–H groups in total. The third kappa shape index (κ3) is 4.73. The average molecular weight is 468 g/mol. The molecule has 4 rings (SSSR count). The van der Waals surface area contributed by atoms with Gasteiger partial charge >= 0.3 is 0 Å². The Hall–Kier alpha value is -3.32. The van der Waals surface area contributed by atoms with Crippen LogP contribution in [0, 0.1) is 5.92 Å². The van der Waals surface area contributed by atoms with E-state index in [0.717, 1.165) is 30.8 Å². The number of hydrogen-bond acceptors (Lipinski definition) is 5. The molecule has 2 aromatic rings. The summed E-state index contributed by atoms with van der Waals surface area (Å²) >= 11 is 6.21. The Kier molecular flexibility index (Phi) is 6.70. The number of halogens is 1. The van der Waals surface area contributed by atoms with Gasteiger partial charge in [-0.3, -0.25) is 14.4 Å². The molecule has 0 aliphatic carbocycles. The molecule has 0 aromatic heterocycles. The predicted molar refractivity (Wildman–Crippen MR) is 127 cm³/mol. The largest absolute Gasteiger partial charge is 0.494 e. The van der Waals surface area contributed by atoms with Gasteiger partial charge in [-0.25, -0.2) is 4.90 Å². The maximum Gasteiger partial charge on any atom is 0.283 e. The third-order valence-corrected chi connectivity index (χ3v) is 6.26. The molecule has 33 heavy (non-hydrogen) atoms. The number of rotatable bonds is 6. The molecule has 0 saturated carbocycles. The van der Waals surface area contributed by atoms with Crippen LogP contribution in [0.15, 0.2) is 59.3 Å². The molecule has 2 aliphatic rings. The summed E-state index contributed by atoms with van der Waals surface area (Å²) in [6.45, 7) is 6.12. The van der Waals surface area contributed by atoms with Crippen LogP contribution in [0.5, 0.6) is 5.75 Å². The van der Waals surface area contributed by atoms with Crippen molar-refractivity contribution in [2.75, 3.05) is 29.9 Å². The van der Waals surface area contributed by atoms with Crippen molar-refractivity contribution in [3.63, 3.8) is 0 Å². The molecule has 1 fully saturated rings. The lowest BCUT2D eigenvalue weighted by atomic mass is 9.98. The van der Waals surface area contributed by atoms with E-state index in [1.165, 1.54) is 0 Å². The number of anilines is 2. The number of benzene rings is 2. The Labute approximate surface area is 198 Å². The smallest absolute Gasteiger partial charge is 0.283 e. The maximum absolute atomic E-state index is 13.0. The van der Waals surface area contributed by atoms with Gasteiger partial charge in [0.25, 0.3) is 17.7 Å². The lowest BCUT2D eigenvalue weighted by Crippen LogP contribution is -2.37. The second kappa shape index (κ2) is 9.67. The van der Waals surface area contributed by atoms with Gasteiger partial charge < -0.3 is 15.0 Å². The van der Waals surface area contributed by atoms with E-state index in [-0.39, 0.29) is 16.6 Å². The van der Waals surface area contributed by atoms with E-state index in [1.54, 1.807) is 48.5 Å². The molecule has 0 unspecified atom stereocenters. The topological polar surface area (TPSA) is 79.0 Å². The van der Waals surface area contributed by atoms with Crippen LogP contribution in [0.4, 0.5) is 11.4 Å². The number of piperidine rings is 1. The van der Waals surface area contributed by atoms with Gasteiger partial charge in [-0.15, -0.1) is 0 Å². The zero-order valence-corrected chi connectivity index (χ0v) is 19.4. The highest BCUT2D eigenvalue weighted by Gasteiger charge is 2.39. The van der Waals surface area contributed by atoms with Crippen LogP contribution < -0.4 is 15.0 Å². The minimum Gasteiger partial charge on any atom is -0.494 e. The van der Waals surface area contributed by atoms with E-state index in [0.29, 0.717) is 35.2 Å². The van der Waals surface area contributed by atoms with Crippen molar-refractivity contribution < 1.29 is 19.1 Å². The molecule has 2 aromatic carbocycles. The molecule has 0 atom stereocenters. The lowest BCUT2D eigenvalue weighted by Gasteiger charge is -2.30. The lowest BCUT2D eigenvalue weighted by molar-refractivity contribution is -0.120. The van der Waals surface area contributed by atoms with Crippen LogP contribution in [-0.4, -0.2) is 42.3 Å². The summed E-state index contributed by atoms with van der Waals surface area (Å²) in [5.41, 5.74) is 1.54. The number of amides is 3. The maximum atomic E-state index is 13.0. The second-order valence-corrected chi connectivity index (χ2v) is 8.62. The van der Waals surface area contributed by atoms with Crippen molar-refractivity contribution >= 4 is 40.7 Å². The number of carbonyl (C=O) groups is 3. The van der Waals surface area contributed by atoms with Gasteiger partial charge in [0.2, 0.25) is 0 Å². The van der Waals surface area contributed by atoms with E-state index < -0.39 is 11.8 Å². The predicted octanol–water partition coefficient (Wildman–Crippen LogP) is 4.39. The van der Waals surface area contributed by atoms with Crippen molar-refractivity contribution in [2.45, 2.75) is 26.7 Å². The van der Waals surface area contributed by atoms with Crippen molar-refractivity contribution in [1.29, 1.82) is 0 Å². The number of nitrogens with zero attached hydrogens (tertiary/aromatic N) is 2. The number of likely N-dealkylation sites (tertiary alicyclic amines) is 1. The summed E-state index contributed by atoms with van der Waals surface area (Å²) in [7, 11) is 0. The highest BCUT2D eigenvalue weighted by atomic mass is 35.5. The van der Waals surface area contributed by atoms with Gasteiger partial charge in [0.15, 0.2) is 0 Å². The number of imide groups is 1. The molecule has 0 radical (unpaired) electrons. The van der Waals surface area contributed by atoms with Gasteiger partial charge in [0.05, 0.1) is 12.3 Å². The second-order valence-electron chi connectivity index (χ2n) is 8.24. The standard InChI is InChI=1S/C25H26ClN3O4/c1-3-33-20-10-8-19(9-11-20)29-24(31)21(26)22(25(29)32)27-18-6-4-17(5-7-18)23(30)28-14-12-16(2)13-15-28/h4-11,16,27H,3,12-15H2,1-2H3. The number of carbonyl (C=O) groups excluding carboxylic acids is 3. The summed E-state index contributed by atoms with van der Waals surface area (Å²) in [5.74, 6) is 0.148. The summed E-state index contributed by atoms with van der Waals surface area (Å²) in [6.07, 6.45) is 2.03. The summed E-state index contributed by atoms with van der Waals surface area (Å²) in [5, 5.41) is 2.76. The van der Waals surface area contributed by atoms with E-state index in [9.17, 15) is 14.4 Å². The third-order valence-electron chi connectivity index (χ3n) is 5.91. The fourth-order valence-electron chi connectivity index (χ4n) is 3.94. The Morgan fingerprint density at radius 1 is 1.03 bits per heavy atom. The van der Waals surface area contributed by atoms with Crippen LogP contribution in [-0.2, 0) is 9.59 Å². The fourth-order valence-corrected chi connectivity index (χ4v) is 4.15. The molecule has 1 saturated heterocycles. The number of nitrogens with one attached hydrogen (secondary N) is 1. The summed E-state index contributed by atoms with van der Waals surface area (Å²) in [6, 6.07) is 13.5. The molecule has 2 heterocycles. The van der Waals surface area contributed by atoms with Crippen LogP contribution in [0.25, 0.3) is 0 Å². The molecule has 8 heteroatoms. The minimum atomic E-state index is -0.598. The fraction of sp³-hybridized carbons (Fsp3) is 0.320. The minimum absolute atomic E-state index is 0.000328. The molecule has 3 amide bonds. The molecule has 0 bridgehead atoms. The molecule has 2 aliphatic heterocycles. The highest BCUT2D eigenvalue weighted by molar-refractivity contribution is 6.53. The Morgan fingerprint density at radius 3 is 2.27 bits per heavy atom. The van der Waals surface area contributed by atoms with E-state index in [4.69, 9.17) is 16.3 Å². The van der Waals surface area contributed by atoms with E-state index in [1.807, 2.05) is 11.8 Å². The van der Waals surface area contributed by atoms with Gasteiger partial charge in [-0.1, -0.05) is 18.5 Å². The van der Waals surface area contributed by atoms with Crippen molar-refractivity contribution in [1.82, 2.24) is 4.90 Å². The first kappa shape index (κ1) is 22.9. The monoisotopic (exact) mass is 467 g/mol. The zero-order chi connectivity index (χ0) is 23.5. The first-order chi connectivity index (χ1) is 15.9. The van der Waals surface area contributed by atoms with E-state index >= 15 is 0 Å². The molecule has 172 valence electrons. The molecule has 0 spiro atoms. The number of ether oxygens (including phenoxy) is 1. The van der Waals surface area contributed by atoms with Crippen molar-refractivity contribution in [2.24, 2.45) is 5.92 Å². The SMILES string of the molecule is CCOc1ccc(N2C(=O)C(Cl)=C(Nc3ccc(C(=O)N4CCC(C)CC4)cc3)C2=O)cc1. The van der Waals surface area contributed by atoms with Crippen molar-refractivity contribution in [3.05, 3.63) is 64.8 Å². The van der Waals surface area contributed by atoms with Crippen LogP contribution >= 0.6 is 11.6 Å². The van der Waals surface area contributed by atoms with E-state index in [2.05, 4.69) is 12.2 Å². The Morgan fingerprint density at radius 2 is 1.67 bits per heavy atom. The first-order valence-electron chi connectivity index (χ1n) is 11.1. The normalized spacial score (nSPS) is 17.1. The summed E-state index contributed by atoms with van der Waals surface area (Å²) in [4.78, 5) is 41.3. The van der Waals surface area contributed by atoms with Crippen LogP contribution in [0.3, 0.4) is 0 Å². The molecular weight excluding hydrogens is 442 g/mol. The highest BCUT2D eigenvalue weighted by Crippen LogP contribution is 2.31. The van der Waals surface area contributed by atoms with Gasteiger partial charge in [0, 0.05) is 24.3 Å². The van der Waals surface area contributed by atoms with Crippen molar-refractivity contribution in [3.8, 4) is 5.75 Å². The van der Waals surface area contributed by atoms with Gasteiger partial charge in [0.1, 0.15) is 16.5 Å². The van der Waals surface area contributed by atoms with Crippen LogP contribution in [0.2, 0.25) is 0 Å². The molecule has 7 nitrogen and oxygen atoms in total. The van der Waals surface area contributed by atoms with Gasteiger partial charge in [-0.05, 0) is 74.2 Å². The summed E-state index contributed by atoms with van der Waals surface area (Å²) < 4.78 is 5.40. The first-order valence-corrected chi connectivity index (χ1v) is 11.4. The zero-order valence-electron chi connectivity index (χ0n) is 18.6. The average Bonchev–Trinajstić information content (AvgIpc) is 3.03. The molecular formula is C25H26ClN3O4. The quantitative estimate of drug-likeness (QED) is 0.637. The van der Waals surface area contributed by atoms with Gasteiger partial charge in [-0.2, -0.15) is 0 Å². The Bertz CT molecular complexity index is 1090.